The lowest BCUT2D eigenvalue weighted by Crippen LogP contribution is -2.37. The van der Waals surface area contributed by atoms with Crippen LogP contribution in [-0.4, -0.2) is 45.9 Å². The molecule has 0 saturated carbocycles. The van der Waals surface area contributed by atoms with Crippen LogP contribution in [0.3, 0.4) is 0 Å². The van der Waals surface area contributed by atoms with Gasteiger partial charge in [0, 0.05) is 25.3 Å². The summed E-state index contributed by atoms with van der Waals surface area (Å²) in [7, 11) is 1.68. The van der Waals surface area contributed by atoms with Crippen molar-refractivity contribution < 1.29 is 19.5 Å². The Morgan fingerprint density at radius 1 is 1.24 bits per heavy atom. The molecule has 1 unspecified atom stereocenters. The predicted molar refractivity (Wildman–Crippen MR) is 109 cm³/mol. The number of fused-ring (bicyclic) bond motifs is 1. The summed E-state index contributed by atoms with van der Waals surface area (Å²) in [5, 5.41) is 11.7. The van der Waals surface area contributed by atoms with Gasteiger partial charge in [0.1, 0.15) is 0 Å². The van der Waals surface area contributed by atoms with E-state index in [-0.39, 0.29) is 17.6 Å². The molecule has 29 heavy (non-hydrogen) atoms. The van der Waals surface area contributed by atoms with Gasteiger partial charge in [0.25, 0.3) is 0 Å². The van der Waals surface area contributed by atoms with Crippen molar-refractivity contribution in [1.82, 2.24) is 9.97 Å². The number of carboxylic acid groups (broad SMARTS) is 1. The van der Waals surface area contributed by atoms with Gasteiger partial charge in [0.15, 0.2) is 0 Å². The maximum Gasteiger partial charge on any atom is 0.371 e. The number of benzene rings is 2. The Morgan fingerprint density at radius 2 is 2.00 bits per heavy atom. The summed E-state index contributed by atoms with van der Waals surface area (Å²) in [5.41, 5.74) is 9.04. The Labute approximate surface area is 166 Å². The van der Waals surface area contributed by atoms with Crippen molar-refractivity contribution in [3.63, 3.8) is 0 Å². The average Bonchev–Trinajstić information content (AvgIpc) is 3.11. The van der Waals surface area contributed by atoms with Gasteiger partial charge in [-0.25, -0.2) is 9.78 Å². The van der Waals surface area contributed by atoms with E-state index in [1.165, 1.54) is 11.8 Å². The largest absolute Gasteiger partial charge is 0.475 e. The first kappa shape index (κ1) is 20.0. The molecule has 2 aromatic carbocycles. The summed E-state index contributed by atoms with van der Waals surface area (Å²) in [6.07, 6.45) is 0.291. The molecule has 5 N–H and O–H groups in total. The summed E-state index contributed by atoms with van der Waals surface area (Å²) >= 11 is 0. The minimum absolute atomic E-state index is 0.0935. The van der Waals surface area contributed by atoms with Crippen LogP contribution in [-0.2, 0) is 16.0 Å². The van der Waals surface area contributed by atoms with Crippen LogP contribution in [0.1, 0.15) is 23.1 Å². The Kier molecular flexibility index (Phi) is 5.60. The fourth-order valence-corrected chi connectivity index (χ4v) is 2.84. The number of aromatic nitrogens is 2. The summed E-state index contributed by atoms with van der Waals surface area (Å²) in [4.78, 5) is 43.1. The number of amides is 2. The number of hydrogen-bond acceptors (Lipinski definition) is 5. The highest BCUT2D eigenvalue weighted by molar-refractivity contribution is 5.97. The number of aromatic carboxylic acids is 1. The van der Waals surface area contributed by atoms with Crippen LogP contribution in [0.25, 0.3) is 11.0 Å². The van der Waals surface area contributed by atoms with E-state index in [9.17, 15) is 14.4 Å². The lowest BCUT2D eigenvalue weighted by Gasteiger charge is -2.17. The van der Waals surface area contributed by atoms with E-state index >= 15 is 0 Å². The normalized spacial score (nSPS) is 11.8. The van der Waals surface area contributed by atoms with Crippen LogP contribution in [0.5, 0.6) is 0 Å². The molecule has 0 aliphatic rings. The lowest BCUT2D eigenvalue weighted by molar-refractivity contribution is -0.117. The number of anilines is 2. The van der Waals surface area contributed by atoms with E-state index in [2.05, 4.69) is 15.3 Å². The molecule has 0 aliphatic carbocycles. The van der Waals surface area contributed by atoms with Gasteiger partial charge < -0.3 is 26.0 Å². The second-order valence-electron chi connectivity index (χ2n) is 6.67. The maximum absolute atomic E-state index is 12.5. The highest BCUT2D eigenvalue weighted by Crippen LogP contribution is 2.19. The van der Waals surface area contributed by atoms with Gasteiger partial charge in [-0.1, -0.05) is 12.1 Å². The first-order valence-electron chi connectivity index (χ1n) is 8.87. The van der Waals surface area contributed by atoms with Crippen LogP contribution in [0.15, 0.2) is 42.5 Å². The topological polar surface area (TPSA) is 141 Å². The molecule has 0 radical (unpaired) electrons. The Balaban J connectivity index is 1.69. The molecule has 9 nitrogen and oxygen atoms in total. The number of carbonyl (C=O) groups is 3. The summed E-state index contributed by atoms with van der Waals surface area (Å²) in [6.45, 7) is 1.47. The van der Waals surface area contributed by atoms with E-state index in [0.717, 1.165) is 11.3 Å². The number of nitrogens with one attached hydrogen (secondary N) is 2. The number of carboxylic acids is 1. The molecule has 0 bridgehead atoms. The molecule has 1 heterocycles. The average molecular weight is 395 g/mol. The standard InChI is InChI=1S/C20H21N5O4/c1-11(26)25(2)14-5-3-4-12(8-14)9-15(21)19(27)22-13-6-7-16-17(10-13)24-18(23-16)20(28)29/h3-8,10,15H,9,21H2,1-2H3,(H,22,27)(H,23,24)(H,28,29). The second-order valence-corrected chi connectivity index (χ2v) is 6.67. The SMILES string of the molecule is CC(=O)N(C)c1cccc(CC(N)C(=O)Nc2ccc3[nH]c(C(=O)O)nc3c2)c1. The molecule has 0 spiro atoms. The van der Waals surface area contributed by atoms with Crippen LogP contribution in [0, 0.1) is 0 Å². The predicted octanol–water partition coefficient (Wildman–Crippen LogP) is 1.75. The van der Waals surface area contributed by atoms with Crippen molar-refractivity contribution >= 4 is 40.2 Å². The third-order valence-corrected chi connectivity index (χ3v) is 4.52. The smallest absolute Gasteiger partial charge is 0.371 e. The van der Waals surface area contributed by atoms with E-state index in [0.29, 0.717) is 23.1 Å². The molecule has 3 aromatic rings. The molecular weight excluding hydrogens is 374 g/mol. The number of nitrogens with two attached hydrogens (primary N) is 1. The van der Waals surface area contributed by atoms with Gasteiger partial charge in [-0.15, -0.1) is 0 Å². The van der Waals surface area contributed by atoms with Crippen molar-refractivity contribution in [2.75, 3.05) is 17.3 Å². The zero-order chi connectivity index (χ0) is 21.1. The molecule has 0 saturated heterocycles. The first-order chi connectivity index (χ1) is 13.7. The Hall–Kier alpha value is -3.72. The Morgan fingerprint density at radius 3 is 2.69 bits per heavy atom. The molecule has 2 amide bonds. The number of H-pyrrole nitrogens is 1. The molecular formula is C20H21N5O4. The van der Waals surface area contributed by atoms with Gasteiger partial charge in [-0.05, 0) is 42.3 Å². The molecule has 0 fully saturated rings. The zero-order valence-electron chi connectivity index (χ0n) is 16.0. The van der Waals surface area contributed by atoms with Crippen molar-refractivity contribution in [2.24, 2.45) is 5.73 Å². The van der Waals surface area contributed by atoms with Crippen LogP contribution >= 0.6 is 0 Å². The van der Waals surface area contributed by atoms with Gasteiger partial charge in [0.2, 0.25) is 17.6 Å². The number of nitrogens with zero attached hydrogens (tertiary/aromatic N) is 2. The monoisotopic (exact) mass is 395 g/mol. The maximum atomic E-state index is 12.5. The molecule has 150 valence electrons. The first-order valence-corrected chi connectivity index (χ1v) is 8.87. The third kappa shape index (κ3) is 4.58. The van der Waals surface area contributed by atoms with Gasteiger partial charge in [-0.2, -0.15) is 0 Å². The number of carbonyl (C=O) groups excluding carboxylic acids is 2. The Bertz CT molecular complexity index is 1090. The quantitative estimate of drug-likeness (QED) is 0.501. The number of rotatable bonds is 6. The molecule has 0 aliphatic heterocycles. The van der Waals surface area contributed by atoms with Crippen molar-refractivity contribution in [3.8, 4) is 0 Å². The fraction of sp³-hybridized carbons (Fsp3) is 0.200. The van der Waals surface area contributed by atoms with Gasteiger partial charge >= 0.3 is 5.97 Å². The zero-order valence-corrected chi connectivity index (χ0v) is 16.0. The minimum atomic E-state index is -1.16. The number of imidazole rings is 1. The second kappa shape index (κ2) is 8.11. The van der Waals surface area contributed by atoms with Crippen LogP contribution in [0.4, 0.5) is 11.4 Å². The van der Waals surface area contributed by atoms with E-state index < -0.39 is 12.0 Å². The highest BCUT2D eigenvalue weighted by atomic mass is 16.4. The van der Waals surface area contributed by atoms with Crippen LogP contribution < -0.4 is 16.0 Å². The fourth-order valence-electron chi connectivity index (χ4n) is 2.84. The molecule has 3 rings (SSSR count). The highest BCUT2D eigenvalue weighted by Gasteiger charge is 2.16. The number of aromatic amines is 1. The summed E-state index contributed by atoms with van der Waals surface area (Å²) < 4.78 is 0. The van der Waals surface area contributed by atoms with E-state index in [1.54, 1.807) is 37.4 Å². The van der Waals surface area contributed by atoms with E-state index in [1.807, 2.05) is 12.1 Å². The molecule has 1 aromatic heterocycles. The summed E-state index contributed by atoms with van der Waals surface area (Å²) in [6, 6.07) is 11.3. The van der Waals surface area contributed by atoms with Crippen molar-refractivity contribution in [3.05, 3.63) is 53.9 Å². The molecule has 9 heteroatoms. The van der Waals surface area contributed by atoms with Gasteiger partial charge in [-0.3, -0.25) is 9.59 Å². The third-order valence-electron chi connectivity index (χ3n) is 4.52. The van der Waals surface area contributed by atoms with Crippen molar-refractivity contribution in [2.45, 2.75) is 19.4 Å². The minimum Gasteiger partial charge on any atom is -0.475 e. The van der Waals surface area contributed by atoms with Crippen molar-refractivity contribution in [1.29, 1.82) is 0 Å². The number of hydrogen-bond donors (Lipinski definition) is 4. The van der Waals surface area contributed by atoms with Crippen LogP contribution in [0.2, 0.25) is 0 Å². The van der Waals surface area contributed by atoms with E-state index in [4.69, 9.17) is 10.8 Å². The summed E-state index contributed by atoms with van der Waals surface area (Å²) in [5.74, 6) is -1.81. The molecule has 1 atom stereocenters. The lowest BCUT2D eigenvalue weighted by atomic mass is 10.0. The van der Waals surface area contributed by atoms with Gasteiger partial charge in [0.05, 0.1) is 17.1 Å².